The van der Waals surface area contributed by atoms with Crippen molar-refractivity contribution in [3.63, 3.8) is 0 Å². The molecule has 1 fully saturated rings. The van der Waals surface area contributed by atoms with Gasteiger partial charge in [-0.05, 0) is 50.7 Å². The molecule has 7 heteroatoms. The molecule has 2 heterocycles. The van der Waals surface area contributed by atoms with E-state index in [0.29, 0.717) is 44.9 Å². The Labute approximate surface area is 183 Å². The van der Waals surface area contributed by atoms with Crippen molar-refractivity contribution in [3.8, 4) is 0 Å². The van der Waals surface area contributed by atoms with Gasteiger partial charge in [0.15, 0.2) is 0 Å². The first kappa shape index (κ1) is 21.6. The molecule has 0 atom stereocenters. The van der Waals surface area contributed by atoms with Gasteiger partial charge in [0.1, 0.15) is 0 Å². The fourth-order valence-corrected chi connectivity index (χ4v) is 4.07. The lowest BCUT2D eigenvalue weighted by atomic mass is 10.1. The number of benzene rings is 1. The van der Waals surface area contributed by atoms with Gasteiger partial charge in [-0.25, -0.2) is 4.79 Å². The van der Waals surface area contributed by atoms with Crippen molar-refractivity contribution in [2.45, 2.75) is 52.0 Å². The molecule has 0 bridgehead atoms. The van der Waals surface area contributed by atoms with Gasteiger partial charge >= 0.3 is 5.97 Å². The Morgan fingerprint density at radius 3 is 2.74 bits per heavy atom. The lowest BCUT2D eigenvalue weighted by Gasteiger charge is -2.18. The Balaban J connectivity index is 1.51. The van der Waals surface area contributed by atoms with Gasteiger partial charge in [-0.15, -0.1) is 0 Å². The van der Waals surface area contributed by atoms with Gasteiger partial charge < -0.3 is 14.8 Å². The van der Waals surface area contributed by atoms with Gasteiger partial charge in [-0.3, -0.25) is 9.48 Å². The Morgan fingerprint density at radius 1 is 1.23 bits per heavy atom. The number of carbonyl (C=O) groups is 2. The van der Waals surface area contributed by atoms with E-state index in [0.717, 1.165) is 49.1 Å². The fourth-order valence-electron chi connectivity index (χ4n) is 4.07. The molecule has 1 aliphatic heterocycles. The Kier molecular flexibility index (Phi) is 6.70. The molecule has 31 heavy (non-hydrogen) atoms. The highest BCUT2D eigenvalue weighted by Crippen LogP contribution is 2.47. The molecule has 1 amide bonds. The van der Waals surface area contributed by atoms with E-state index in [4.69, 9.17) is 14.6 Å². The van der Waals surface area contributed by atoms with E-state index in [1.54, 1.807) is 12.1 Å². The predicted octanol–water partition coefficient (Wildman–Crippen LogP) is 3.17. The van der Waals surface area contributed by atoms with Crippen LogP contribution in [0.25, 0.3) is 0 Å². The van der Waals surface area contributed by atoms with Gasteiger partial charge in [0.2, 0.25) is 0 Å². The first-order valence-corrected chi connectivity index (χ1v) is 11.3. The number of hydrogen-bond donors (Lipinski definition) is 1. The van der Waals surface area contributed by atoms with E-state index in [9.17, 15) is 9.59 Å². The molecule has 2 aromatic rings. The first-order valence-electron chi connectivity index (χ1n) is 11.3. The molecule has 0 radical (unpaired) electrons. The zero-order chi connectivity index (χ0) is 21.7. The van der Waals surface area contributed by atoms with Gasteiger partial charge in [-0.2, -0.15) is 5.10 Å². The van der Waals surface area contributed by atoms with Crippen molar-refractivity contribution in [1.29, 1.82) is 0 Å². The smallest absolute Gasteiger partial charge is 0.338 e. The van der Waals surface area contributed by atoms with Crippen molar-refractivity contribution in [2.24, 2.45) is 5.41 Å². The average molecular weight is 426 g/mol. The minimum Gasteiger partial charge on any atom is -0.461 e. The second kappa shape index (κ2) is 9.64. The van der Waals surface area contributed by atoms with Crippen LogP contribution in [0.4, 0.5) is 0 Å². The highest BCUT2D eigenvalue weighted by atomic mass is 16.5. The van der Waals surface area contributed by atoms with Crippen molar-refractivity contribution >= 4 is 11.9 Å². The molecule has 0 saturated heterocycles. The zero-order valence-electron chi connectivity index (χ0n) is 18.2. The Morgan fingerprint density at radius 2 is 2.00 bits per heavy atom. The topological polar surface area (TPSA) is 82.5 Å². The summed E-state index contributed by atoms with van der Waals surface area (Å²) in [7, 11) is 0. The molecule has 1 aromatic carbocycles. The van der Waals surface area contributed by atoms with Crippen LogP contribution in [0.15, 0.2) is 30.3 Å². The van der Waals surface area contributed by atoms with Crippen LogP contribution >= 0.6 is 0 Å². The number of aryl methyl sites for hydroxylation is 1. The monoisotopic (exact) mass is 425 g/mol. The van der Waals surface area contributed by atoms with E-state index in [-0.39, 0.29) is 17.3 Å². The third kappa shape index (κ3) is 5.15. The first-order chi connectivity index (χ1) is 15.1. The van der Waals surface area contributed by atoms with E-state index in [2.05, 4.69) is 5.32 Å². The van der Waals surface area contributed by atoms with Gasteiger partial charge in [0, 0.05) is 25.2 Å². The second-order valence-corrected chi connectivity index (χ2v) is 8.55. The number of nitrogens with zero attached hydrogens (tertiary/aromatic N) is 2. The van der Waals surface area contributed by atoms with Gasteiger partial charge in [-0.1, -0.05) is 25.1 Å². The molecule has 1 saturated carbocycles. The largest absolute Gasteiger partial charge is 0.461 e. The SMILES string of the molecule is CCc1nn(CC2(COC(=O)c3ccccc3)CC2)c2c1C(=O)NCCCOCCC2. The maximum absolute atomic E-state index is 12.9. The van der Waals surface area contributed by atoms with Crippen LogP contribution in [0.1, 0.15) is 64.7 Å². The number of nitrogens with one attached hydrogen (secondary N) is 1. The summed E-state index contributed by atoms with van der Waals surface area (Å²) in [6.45, 7) is 5.01. The molecule has 7 nitrogen and oxygen atoms in total. The molecule has 0 unspecified atom stereocenters. The summed E-state index contributed by atoms with van der Waals surface area (Å²) in [4.78, 5) is 25.3. The quantitative estimate of drug-likeness (QED) is 0.719. The summed E-state index contributed by atoms with van der Waals surface area (Å²) in [5.74, 6) is -0.335. The molecule has 4 rings (SSSR count). The number of aromatic nitrogens is 2. The summed E-state index contributed by atoms with van der Waals surface area (Å²) >= 11 is 0. The lowest BCUT2D eigenvalue weighted by molar-refractivity contribution is 0.0396. The zero-order valence-corrected chi connectivity index (χ0v) is 18.2. The minimum absolute atomic E-state index is 0.0413. The van der Waals surface area contributed by atoms with Crippen molar-refractivity contribution < 1.29 is 19.1 Å². The fraction of sp³-hybridized carbons (Fsp3) is 0.542. The van der Waals surface area contributed by atoms with Crippen LogP contribution < -0.4 is 5.32 Å². The molecular formula is C24H31N3O4. The van der Waals surface area contributed by atoms with E-state index < -0.39 is 0 Å². The number of esters is 1. The molecular weight excluding hydrogens is 394 g/mol. The maximum atomic E-state index is 12.9. The van der Waals surface area contributed by atoms with Crippen molar-refractivity contribution in [3.05, 3.63) is 52.8 Å². The minimum atomic E-state index is -0.294. The maximum Gasteiger partial charge on any atom is 0.338 e. The predicted molar refractivity (Wildman–Crippen MR) is 116 cm³/mol. The Bertz CT molecular complexity index is 918. The molecule has 1 aliphatic carbocycles. The van der Waals surface area contributed by atoms with Crippen LogP contribution in [-0.2, 0) is 28.9 Å². The standard InChI is InChI=1S/C24H31N3O4/c1-2-19-21-20(10-6-14-30-15-7-13-25-22(21)28)27(26-19)16-24(11-12-24)17-31-23(29)18-8-4-3-5-9-18/h3-5,8-9H,2,6-7,10-17H2,1H3,(H,25,28). The lowest BCUT2D eigenvalue weighted by Crippen LogP contribution is -2.27. The molecule has 1 aromatic heterocycles. The number of hydrogen-bond acceptors (Lipinski definition) is 5. The summed E-state index contributed by atoms with van der Waals surface area (Å²) < 4.78 is 13.3. The third-order valence-corrected chi connectivity index (χ3v) is 6.11. The van der Waals surface area contributed by atoms with E-state index in [1.807, 2.05) is 29.8 Å². The van der Waals surface area contributed by atoms with Crippen LogP contribution in [0.3, 0.4) is 0 Å². The summed E-state index contributed by atoms with van der Waals surface area (Å²) in [6.07, 6.45) is 5.09. The van der Waals surface area contributed by atoms with Crippen molar-refractivity contribution in [2.75, 3.05) is 26.4 Å². The number of amides is 1. The Hall–Kier alpha value is -2.67. The normalized spacial score (nSPS) is 18.4. The summed E-state index contributed by atoms with van der Waals surface area (Å²) in [5, 5.41) is 7.83. The van der Waals surface area contributed by atoms with E-state index >= 15 is 0 Å². The van der Waals surface area contributed by atoms with Crippen LogP contribution in [-0.4, -0.2) is 48.0 Å². The van der Waals surface area contributed by atoms with Gasteiger partial charge in [0.05, 0.1) is 35.7 Å². The molecule has 1 N–H and O–H groups in total. The number of rotatable bonds is 6. The summed E-state index contributed by atoms with van der Waals surface area (Å²) in [5.41, 5.74) is 3.00. The highest BCUT2D eigenvalue weighted by Gasteiger charge is 2.45. The van der Waals surface area contributed by atoms with Gasteiger partial charge in [0.25, 0.3) is 5.91 Å². The summed E-state index contributed by atoms with van der Waals surface area (Å²) in [6, 6.07) is 9.07. The number of ether oxygens (including phenoxy) is 2. The van der Waals surface area contributed by atoms with Crippen LogP contribution in [0, 0.1) is 5.41 Å². The second-order valence-electron chi connectivity index (χ2n) is 8.55. The third-order valence-electron chi connectivity index (χ3n) is 6.11. The number of carbonyl (C=O) groups excluding carboxylic acids is 2. The molecule has 0 spiro atoms. The van der Waals surface area contributed by atoms with Crippen molar-refractivity contribution in [1.82, 2.24) is 15.1 Å². The van der Waals surface area contributed by atoms with E-state index in [1.165, 1.54) is 0 Å². The molecule has 166 valence electrons. The number of fused-ring (bicyclic) bond motifs is 1. The molecule has 2 aliphatic rings. The van der Waals surface area contributed by atoms with Crippen LogP contribution in [0.2, 0.25) is 0 Å². The average Bonchev–Trinajstić information content (AvgIpc) is 3.48. The highest BCUT2D eigenvalue weighted by molar-refractivity contribution is 5.96. The van der Waals surface area contributed by atoms with Crippen LogP contribution in [0.5, 0.6) is 0 Å².